The molecule has 8 nitrogen and oxygen atoms in total. The number of hydrogen-bond donors (Lipinski definition) is 2. The maximum absolute atomic E-state index is 12.4. The van der Waals surface area contributed by atoms with Gasteiger partial charge >= 0.3 is 0 Å². The van der Waals surface area contributed by atoms with Crippen molar-refractivity contribution in [2.24, 2.45) is 0 Å². The van der Waals surface area contributed by atoms with Crippen LogP contribution in [0.25, 0.3) is 0 Å². The summed E-state index contributed by atoms with van der Waals surface area (Å²) in [5.74, 6) is -0.269. The Kier molecular flexibility index (Phi) is 7.55. The predicted octanol–water partition coefficient (Wildman–Crippen LogP) is 4.22. The highest BCUT2D eigenvalue weighted by Crippen LogP contribution is 2.29. The molecule has 0 aliphatic carbocycles. The molecule has 0 saturated heterocycles. The first kappa shape index (κ1) is 23.5. The number of nitrogens with zero attached hydrogens (tertiary/aromatic N) is 3. The lowest BCUT2D eigenvalue weighted by Crippen LogP contribution is -2.22. The molecule has 1 aromatic heterocycles. The van der Waals surface area contributed by atoms with Crippen molar-refractivity contribution in [3.63, 3.8) is 0 Å². The van der Waals surface area contributed by atoms with Crippen LogP contribution < -0.4 is 10.6 Å². The van der Waals surface area contributed by atoms with E-state index in [2.05, 4.69) is 20.8 Å². The van der Waals surface area contributed by atoms with Gasteiger partial charge in [-0.15, -0.1) is 10.2 Å². The van der Waals surface area contributed by atoms with Gasteiger partial charge in [0, 0.05) is 19.8 Å². The number of hydrogen-bond acceptors (Lipinski definition) is 8. The monoisotopic (exact) mass is 497 g/mol. The van der Waals surface area contributed by atoms with Crippen molar-refractivity contribution in [3.8, 4) is 0 Å². The molecule has 0 radical (unpaired) electrons. The molecule has 2 aromatic carbocycles. The van der Waals surface area contributed by atoms with Crippen molar-refractivity contribution >= 4 is 67.1 Å². The van der Waals surface area contributed by atoms with Crippen molar-refractivity contribution < 1.29 is 13.2 Å². The van der Waals surface area contributed by atoms with Gasteiger partial charge in [0.1, 0.15) is 0 Å². The number of sulfonamides is 1. The van der Waals surface area contributed by atoms with Crippen LogP contribution >= 0.6 is 34.7 Å². The Morgan fingerprint density at radius 3 is 2.68 bits per heavy atom. The van der Waals surface area contributed by atoms with Crippen LogP contribution in [-0.4, -0.2) is 48.7 Å². The summed E-state index contributed by atoms with van der Waals surface area (Å²) in [5.41, 5.74) is 2.27. The summed E-state index contributed by atoms with van der Waals surface area (Å²) in [6.07, 6.45) is 0. The zero-order valence-electron chi connectivity index (χ0n) is 16.9. The van der Waals surface area contributed by atoms with E-state index >= 15 is 0 Å². The third kappa shape index (κ3) is 6.17. The molecular formula is C19H20ClN5O3S3. The quantitative estimate of drug-likeness (QED) is 0.449. The molecule has 0 spiro atoms. The number of benzene rings is 2. The van der Waals surface area contributed by atoms with Gasteiger partial charge in [0.25, 0.3) is 0 Å². The Bertz CT molecular complexity index is 1200. The number of aryl methyl sites for hydroxylation is 1. The second-order valence-electron chi connectivity index (χ2n) is 6.63. The van der Waals surface area contributed by atoms with Gasteiger partial charge in [0.2, 0.25) is 21.1 Å². The highest BCUT2D eigenvalue weighted by Gasteiger charge is 2.19. The summed E-state index contributed by atoms with van der Waals surface area (Å²) in [6.45, 7) is 2.00. The predicted molar refractivity (Wildman–Crippen MR) is 126 cm³/mol. The van der Waals surface area contributed by atoms with E-state index in [0.717, 1.165) is 15.6 Å². The summed E-state index contributed by atoms with van der Waals surface area (Å²) in [7, 11) is -0.771. The maximum atomic E-state index is 12.4. The molecule has 0 saturated carbocycles. The second-order valence-corrected chi connectivity index (χ2v) is 11.4. The van der Waals surface area contributed by atoms with Crippen molar-refractivity contribution in [1.29, 1.82) is 0 Å². The fourth-order valence-electron chi connectivity index (χ4n) is 2.45. The molecule has 0 unspecified atom stereocenters. The number of thioether (sulfide) groups is 1. The van der Waals surface area contributed by atoms with Gasteiger partial charge in [-0.2, -0.15) is 0 Å². The number of nitrogens with one attached hydrogen (secondary N) is 2. The van der Waals surface area contributed by atoms with Gasteiger partial charge in [-0.05, 0) is 42.8 Å². The van der Waals surface area contributed by atoms with Crippen LogP contribution in [-0.2, 0) is 14.8 Å². The standard InChI is InChI=1S/C19H20ClN5O3S3/c1-12-5-4-6-13(9-12)21-18-23-24-19(30-18)29-11-17(26)22-16-10-14(7-8-15(16)20)31(27,28)25(2)3/h4-10H,11H2,1-3H3,(H,21,23)(H,22,26). The maximum Gasteiger partial charge on any atom is 0.242 e. The molecule has 3 aromatic rings. The fraction of sp³-hybridized carbons (Fsp3) is 0.211. The largest absolute Gasteiger partial charge is 0.330 e. The summed E-state index contributed by atoms with van der Waals surface area (Å²) in [5, 5.41) is 14.9. The summed E-state index contributed by atoms with van der Waals surface area (Å²) in [4.78, 5) is 12.4. The fourth-order valence-corrected chi connectivity index (χ4v) is 5.12. The Balaban J connectivity index is 1.60. The molecule has 0 aliphatic rings. The number of anilines is 3. The highest BCUT2D eigenvalue weighted by atomic mass is 35.5. The average molecular weight is 498 g/mol. The van der Waals surface area contributed by atoms with Crippen LogP contribution in [0, 0.1) is 6.92 Å². The molecule has 0 fully saturated rings. The first-order chi connectivity index (χ1) is 14.6. The van der Waals surface area contributed by atoms with E-state index in [4.69, 9.17) is 11.6 Å². The molecule has 0 aliphatic heterocycles. The van der Waals surface area contributed by atoms with Gasteiger partial charge < -0.3 is 10.6 Å². The summed E-state index contributed by atoms with van der Waals surface area (Å²) >= 11 is 8.68. The Morgan fingerprint density at radius 2 is 1.97 bits per heavy atom. The lowest BCUT2D eigenvalue weighted by molar-refractivity contribution is -0.113. The third-order valence-electron chi connectivity index (χ3n) is 3.99. The minimum atomic E-state index is -3.64. The van der Waals surface area contributed by atoms with E-state index in [1.54, 1.807) is 0 Å². The van der Waals surface area contributed by atoms with E-state index in [9.17, 15) is 13.2 Å². The molecule has 0 bridgehead atoms. The number of aromatic nitrogens is 2. The SMILES string of the molecule is Cc1cccc(Nc2nnc(SCC(=O)Nc3cc(S(=O)(=O)N(C)C)ccc3Cl)s2)c1. The topological polar surface area (TPSA) is 104 Å². The first-order valence-electron chi connectivity index (χ1n) is 8.97. The zero-order chi connectivity index (χ0) is 22.6. The minimum absolute atomic E-state index is 0.0424. The van der Waals surface area contributed by atoms with Crippen molar-refractivity contribution in [2.75, 3.05) is 30.5 Å². The normalized spacial score (nSPS) is 11.5. The van der Waals surface area contributed by atoms with Crippen LogP contribution in [0.1, 0.15) is 5.56 Å². The number of carbonyl (C=O) groups excluding carboxylic acids is 1. The summed E-state index contributed by atoms with van der Waals surface area (Å²) < 4.78 is 26.3. The highest BCUT2D eigenvalue weighted by molar-refractivity contribution is 8.01. The molecule has 164 valence electrons. The lowest BCUT2D eigenvalue weighted by Gasteiger charge is -2.13. The van der Waals surface area contributed by atoms with E-state index in [1.165, 1.54) is 55.4 Å². The minimum Gasteiger partial charge on any atom is -0.330 e. The van der Waals surface area contributed by atoms with Crippen molar-refractivity contribution in [3.05, 3.63) is 53.1 Å². The zero-order valence-corrected chi connectivity index (χ0v) is 20.1. The van der Waals surface area contributed by atoms with Crippen LogP contribution in [0.3, 0.4) is 0 Å². The van der Waals surface area contributed by atoms with Gasteiger partial charge in [0.15, 0.2) is 4.34 Å². The summed E-state index contributed by atoms with van der Waals surface area (Å²) in [6, 6.07) is 12.1. The molecule has 31 heavy (non-hydrogen) atoms. The van der Waals surface area contributed by atoms with E-state index in [-0.39, 0.29) is 27.3 Å². The van der Waals surface area contributed by atoms with E-state index in [1.807, 2.05) is 31.2 Å². The number of rotatable bonds is 8. The molecule has 3 rings (SSSR count). The lowest BCUT2D eigenvalue weighted by atomic mass is 10.2. The van der Waals surface area contributed by atoms with Crippen molar-refractivity contribution in [2.45, 2.75) is 16.2 Å². The molecular weight excluding hydrogens is 478 g/mol. The smallest absolute Gasteiger partial charge is 0.242 e. The molecule has 1 heterocycles. The third-order valence-corrected chi connectivity index (χ3v) is 8.11. The van der Waals surface area contributed by atoms with Gasteiger partial charge in [-0.25, -0.2) is 12.7 Å². The molecule has 12 heteroatoms. The molecule has 1 amide bonds. The van der Waals surface area contributed by atoms with E-state index < -0.39 is 10.0 Å². The van der Waals surface area contributed by atoms with Gasteiger partial charge in [0.05, 0.1) is 21.4 Å². The number of halogens is 1. The Labute approximate surface area is 194 Å². The average Bonchev–Trinajstić information content (AvgIpc) is 3.15. The van der Waals surface area contributed by atoms with Crippen LogP contribution in [0.4, 0.5) is 16.5 Å². The van der Waals surface area contributed by atoms with E-state index in [0.29, 0.717) is 9.47 Å². The molecule has 2 N–H and O–H groups in total. The van der Waals surface area contributed by atoms with Crippen molar-refractivity contribution in [1.82, 2.24) is 14.5 Å². The second kappa shape index (κ2) is 9.96. The number of carbonyl (C=O) groups is 1. The van der Waals surface area contributed by atoms with Crippen LogP contribution in [0.5, 0.6) is 0 Å². The first-order valence-corrected chi connectivity index (χ1v) is 12.6. The van der Waals surface area contributed by atoms with Gasteiger partial charge in [-0.3, -0.25) is 4.79 Å². The molecule has 0 atom stereocenters. The van der Waals surface area contributed by atoms with Crippen LogP contribution in [0.2, 0.25) is 5.02 Å². The Hall–Kier alpha value is -2.18. The Morgan fingerprint density at radius 1 is 1.19 bits per heavy atom. The number of amides is 1. The van der Waals surface area contributed by atoms with Crippen LogP contribution in [0.15, 0.2) is 51.7 Å². The van der Waals surface area contributed by atoms with Gasteiger partial charge in [-0.1, -0.05) is 46.8 Å².